The zero-order valence-electron chi connectivity index (χ0n) is 22.5. The van der Waals surface area contributed by atoms with Crippen molar-refractivity contribution in [1.82, 2.24) is 14.8 Å². The number of nitrogens with zero attached hydrogens (tertiary/aromatic N) is 3. The molecule has 2 aromatic rings. The fourth-order valence-corrected chi connectivity index (χ4v) is 7.28. The molecule has 6 nitrogen and oxygen atoms in total. The average molecular weight is 543 g/mol. The number of rotatable bonds is 7. The second-order valence-corrected chi connectivity index (χ2v) is 11.8. The lowest BCUT2D eigenvalue weighted by molar-refractivity contribution is -0.120. The highest BCUT2D eigenvalue weighted by molar-refractivity contribution is 8.02. The number of likely N-dealkylation sites (tertiary alicyclic amines) is 1. The van der Waals surface area contributed by atoms with Gasteiger partial charge in [-0.25, -0.2) is 13.8 Å². The third kappa shape index (κ3) is 5.07. The topological polar surface area (TPSA) is 66.7 Å². The molecule has 0 spiro atoms. The van der Waals surface area contributed by atoms with E-state index < -0.39 is 12.1 Å². The maximum atomic E-state index is 14.4. The minimum absolute atomic E-state index is 0.0791. The van der Waals surface area contributed by atoms with Crippen molar-refractivity contribution in [1.29, 1.82) is 0 Å². The summed E-state index contributed by atoms with van der Waals surface area (Å²) in [6.45, 7) is 7.13. The number of fused-ring (bicyclic) bond motifs is 1. The summed E-state index contributed by atoms with van der Waals surface area (Å²) in [4.78, 5) is 33.3. The number of alkyl halides is 1. The van der Waals surface area contributed by atoms with E-state index in [2.05, 4.69) is 26.7 Å². The molecule has 3 heterocycles. The van der Waals surface area contributed by atoms with Crippen LogP contribution in [-0.4, -0.2) is 65.1 Å². The number of hydrogen-bond donors (Lipinski definition) is 1. The highest BCUT2D eigenvalue weighted by Gasteiger charge is 2.36. The van der Waals surface area contributed by atoms with E-state index >= 15 is 0 Å². The number of hydrogen-bond acceptors (Lipinski definition) is 4. The van der Waals surface area contributed by atoms with E-state index in [0.29, 0.717) is 47.2 Å². The lowest BCUT2D eigenvalue weighted by Crippen LogP contribution is -2.54. The molecule has 1 unspecified atom stereocenters. The van der Waals surface area contributed by atoms with Gasteiger partial charge in [-0.2, -0.15) is 0 Å². The SMILES string of the molecule is CSC1=CC(C)=NC(=O)C1CNC(=O)c1c(C)n([C@H](C)C2CCC(N3CC(F)C3)CC2)c2cc(F)ccc12. The molecule has 9 heteroatoms. The summed E-state index contributed by atoms with van der Waals surface area (Å²) in [5.41, 5.74) is 2.70. The first-order valence-corrected chi connectivity index (χ1v) is 14.7. The number of halogens is 2. The summed E-state index contributed by atoms with van der Waals surface area (Å²) >= 11 is 1.49. The first-order chi connectivity index (χ1) is 18.2. The Morgan fingerprint density at radius 1 is 1.21 bits per heavy atom. The Morgan fingerprint density at radius 2 is 1.92 bits per heavy atom. The van der Waals surface area contributed by atoms with Crippen molar-refractivity contribution in [3.8, 4) is 0 Å². The molecule has 0 radical (unpaired) electrons. The molecule has 1 aromatic carbocycles. The lowest BCUT2D eigenvalue weighted by Gasteiger charge is -2.44. The molecule has 3 aliphatic rings. The highest BCUT2D eigenvalue weighted by atomic mass is 32.2. The quantitative estimate of drug-likeness (QED) is 0.505. The summed E-state index contributed by atoms with van der Waals surface area (Å²) < 4.78 is 29.9. The van der Waals surface area contributed by atoms with Gasteiger partial charge in [0, 0.05) is 53.4 Å². The van der Waals surface area contributed by atoms with Crippen molar-refractivity contribution in [2.24, 2.45) is 16.8 Å². The van der Waals surface area contributed by atoms with Gasteiger partial charge >= 0.3 is 0 Å². The molecular formula is C29H36F2N4O2S. The molecular weight excluding hydrogens is 506 g/mol. The van der Waals surface area contributed by atoms with E-state index in [9.17, 15) is 18.4 Å². The lowest BCUT2D eigenvalue weighted by atomic mass is 9.80. The molecule has 2 fully saturated rings. The van der Waals surface area contributed by atoms with Crippen LogP contribution in [0.3, 0.4) is 0 Å². The Kier molecular flexibility index (Phi) is 7.78. The molecule has 2 aliphatic heterocycles. The predicted octanol–water partition coefficient (Wildman–Crippen LogP) is 5.46. The smallest absolute Gasteiger partial charge is 0.255 e. The van der Waals surface area contributed by atoms with Crippen LogP contribution in [0.25, 0.3) is 10.9 Å². The van der Waals surface area contributed by atoms with Crippen molar-refractivity contribution in [2.75, 3.05) is 25.9 Å². The van der Waals surface area contributed by atoms with Crippen LogP contribution in [0.5, 0.6) is 0 Å². The Bertz CT molecular complexity index is 1310. The fourth-order valence-electron chi connectivity index (χ4n) is 6.52. The van der Waals surface area contributed by atoms with Gasteiger partial charge in [-0.15, -0.1) is 11.8 Å². The Hall–Kier alpha value is -2.52. The number of nitrogens with one attached hydrogen (secondary N) is 1. The average Bonchev–Trinajstić information content (AvgIpc) is 3.16. The van der Waals surface area contributed by atoms with Gasteiger partial charge in [0.25, 0.3) is 11.8 Å². The van der Waals surface area contributed by atoms with E-state index in [1.54, 1.807) is 13.0 Å². The minimum Gasteiger partial charge on any atom is -0.351 e. The number of allylic oxidation sites excluding steroid dienone is 1. The van der Waals surface area contributed by atoms with Crippen molar-refractivity contribution < 1.29 is 18.4 Å². The molecule has 1 aromatic heterocycles. The van der Waals surface area contributed by atoms with Crippen LogP contribution in [0.1, 0.15) is 61.6 Å². The maximum absolute atomic E-state index is 14.4. The molecule has 5 rings (SSSR count). The van der Waals surface area contributed by atoms with Crippen LogP contribution in [0.15, 0.2) is 34.2 Å². The number of benzene rings is 1. The third-order valence-electron chi connectivity index (χ3n) is 8.63. The molecule has 1 N–H and O–H groups in total. The molecule has 1 saturated heterocycles. The Morgan fingerprint density at radius 3 is 2.58 bits per heavy atom. The van der Waals surface area contributed by atoms with Crippen molar-refractivity contribution in [2.45, 2.75) is 64.7 Å². The predicted molar refractivity (Wildman–Crippen MR) is 149 cm³/mol. The molecule has 1 saturated carbocycles. The van der Waals surface area contributed by atoms with E-state index in [1.165, 1.54) is 23.9 Å². The molecule has 2 atom stereocenters. The van der Waals surface area contributed by atoms with Crippen molar-refractivity contribution >= 4 is 40.2 Å². The van der Waals surface area contributed by atoms with E-state index in [0.717, 1.165) is 36.3 Å². The zero-order chi connectivity index (χ0) is 27.1. The van der Waals surface area contributed by atoms with Crippen LogP contribution in [0, 0.1) is 24.6 Å². The number of dihydropyridines is 1. The normalized spacial score (nSPS) is 25.6. The van der Waals surface area contributed by atoms with E-state index in [-0.39, 0.29) is 30.2 Å². The first kappa shape index (κ1) is 27.1. The number of aliphatic imine (C=N–C) groups is 1. The summed E-state index contributed by atoms with van der Waals surface area (Å²) in [6.07, 6.45) is 7.21. The van der Waals surface area contributed by atoms with Crippen LogP contribution < -0.4 is 5.32 Å². The number of thioether (sulfide) groups is 1. The Labute approximate surface area is 226 Å². The van der Waals surface area contributed by atoms with Gasteiger partial charge in [-0.05, 0) is 82.9 Å². The summed E-state index contributed by atoms with van der Waals surface area (Å²) in [7, 11) is 0. The molecule has 204 valence electrons. The zero-order valence-corrected chi connectivity index (χ0v) is 23.3. The second-order valence-electron chi connectivity index (χ2n) is 11.0. The number of carbonyl (C=O) groups excluding carboxylic acids is 2. The highest BCUT2D eigenvalue weighted by Crippen LogP contribution is 2.40. The van der Waals surface area contributed by atoms with Crippen LogP contribution in [0.2, 0.25) is 0 Å². The van der Waals surface area contributed by atoms with Gasteiger partial charge in [0.1, 0.15) is 12.0 Å². The van der Waals surface area contributed by atoms with Crippen LogP contribution >= 0.6 is 11.8 Å². The van der Waals surface area contributed by atoms with E-state index in [4.69, 9.17) is 0 Å². The van der Waals surface area contributed by atoms with Crippen molar-refractivity contribution in [3.05, 3.63) is 46.3 Å². The summed E-state index contributed by atoms with van der Waals surface area (Å²) in [5, 5.41) is 3.68. The monoisotopic (exact) mass is 542 g/mol. The van der Waals surface area contributed by atoms with Gasteiger partial charge in [-0.1, -0.05) is 0 Å². The van der Waals surface area contributed by atoms with Crippen LogP contribution in [0.4, 0.5) is 8.78 Å². The molecule has 38 heavy (non-hydrogen) atoms. The van der Waals surface area contributed by atoms with E-state index in [1.807, 2.05) is 19.3 Å². The summed E-state index contributed by atoms with van der Waals surface area (Å²) in [6, 6.07) is 5.11. The molecule has 2 amide bonds. The third-order valence-corrected chi connectivity index (χ3v) is 9.51. The summed E-state index contributed by atoms with van der Waals surface area (Å²) in [5.74, 6) is -0.977. The van der Waals surface area contributed by atoms with Crippen LogP contribution in [-0.2, 0) is 4.79 Å². The molecule has 1 aliphatic carbocycles. The van der Waals surface area contributed by atoms with Crippen molar-refractivity contribution in [3.63, 3.8) is 0 Å². The first-order valence-electron chi connectivity index (χ1n) is 13.5. The maximum Gasteiger partial charge on any atom is 0.255 e. The van der Waals surface area contributed by atoms with Gasteiger partial charge < -0.3 is 9.88 Å². The van der Waals surface area contributed by atoms with Gasteiger partial charge in [0.15, 0.2) is 0 Å². The fraction of sp³-hybridized carbons (Fsp3) is 0.552. The second kappa shape index (κ2) is 10.9. The number of aromatic nitrogens is 1. The minimum atomic E-state index is -0.684. The number of carbonyl (C=O) groups is 2. The largest absolute Gasteiger partial charge is 0.351 e. The molecule has 0 bridgehead atoms. The van der Waals surface area contributed by atoms with Gasteiger partial charge in [-0.3, -0.25) is 14.5 Å². The number of amides is 2. The Balaban J connectivity index is 1.36. The standard InChI is InChI=1S/C29H36F2N4O2S/c1-16-11-26(38-4)24(28(36)33-16)13-32-29(37)27-18(3)35(25-12-20(30)7-10-23(25)27)17(2)19-5-8-22(9-6-19)34-14-21(31)15-34/h7,10-12,17,19,21-22,24H,5-6,8-9,13-15H2,1-4H3,(H,32,37)/t17-,19?,22?,24?/m1/s1. The van der Waals surface area contributed by atoms with Gasteiger partial charge in [0.05, 0.1) is 17.0 Å². The van der Waals surface area contributed by atoms with Gasteiger partial charge in [0.2, 0.25) is 0 Å².